The Balaban J connectivity index is 2.36. The second-order valence-electron chi connectivity index (χ2n) is 5.14. The molecule has 0 aromatic heterocycles. The van der Waals surface area contributed by atoms with Gasteiger partial charge in [-0.2, -0.15) is 0 Å². The molecule has 0 saturated heterocycles. The van der Waals surface area contributed by atoms with Crippen LogP contribution < -0.4 is 5.30 Å². The van der Waals surface area contributed by atoms with Gasteiger partial charge < -0.3 is 0 Å². The van der Waals surface area contributed by atoms with Crippen molar-refractivity contribution in [3.05, 3.63) is 54.6 Å². The van der Waals surface area contributed by atoms with Crippen LogP contribution in [-0.2, 0) is 0 Å². The number of hydrogen-bond donors (Lipinski definition) is 0. The van der Waals surface area contributed by atoms with E-state index in [0.29, 0.717) is 10.8 Å². The maximum atomic E-state index is 2.35. The standard InChI is InChI=1S/C15H19P/c1-15(2,3)16(14-11-7-8-12-14)13-9-5-4-6-10-13/h4-12,14H,1-3H3/t16-/m0/s1. The third-order valence-electron chi connectivity index (χ3n) is 2.78. The van der Waals surface area contributed by atoms with Gasteiger partial charge >= 0.3 is 0 Å². The molecule has 0 bridgehead atoms. The first-order chi connectivity index (χ1) is 7.59. The predicted molar refractivity (Wildman–Crippen MR) is 74.8 cm³/mol. The van der Waals surface area contributed by atoms with E-state index in [9.17, 15) is 0 Å². The number of benzene rings is 1. The van der Waals surface area contributed by atoms with E-state index in [1.165, 1.54) is 5.30 Å². The molecule has 0 unspecified atom stereocenters. The fourth-order valence-electron chi connectivity index (χ4n) is 2.19. The fraction of sp³-hybridized carbons (Fsp3) is 0.333. The van der Waals surface area contributed by atoms with Crippen LogP contribution in [0.5, 0.6) is 0 Å². The normalized spacial score (nSPS) is 17.9. The summed E-state index contributed by atoms with van der Waals surface area (Å²) in [7, 11) is -0.172. The quantitative estimate of drug-likeness (QED) is 0.671. The molecule has 0 aliphatic heterocycles. The zero-order valence-electron chi connectivity index (χ0n) is 10.2. The maximum absolute atomic E-state index is 2.35. The summed E-state index contributed by atoms with van der Waals surface area (Å²) in [5.74, 6) is 0. The molecular weight excluding hydrogens is 211 g/mol. The Hall–Kier alpha value is -0.870. The third kappa shape index (κ3) is 2.44. The zero-order chi connectivity index (χ0) is 11.6. The molecule has 0 spiro atoms. The van der Waals surface area contributed by atoms with E-state index in [1.807, 2.05) is 0 Å². The van der Waals surface area contributed by atoms with Crippen LogP contribution in [0.25, 0.3) is 0 Å². The first-order valence-electron chi connectivity index (χ1n) is 5.78. The maximum Gasteiger partial charge on any atom is 0.0201 e. The predicted octanol–water partition coefficient (Wildman–Crippen LogP) is 4.09. The van der Waals surface area contributed by atoms with Crippen LogP contribution in [0.1, 0.15) is 20.8 Å². The molecule has 16 heavy (non-hydrogen) atoms. The van der Waals surface area contributed by atoms with Crippen LogP contribution in [0, 0.1) is 0 Å². The topological polar surface area (TPSA) is 0 Å². The van der Waals surface area contributed by atoms with Gasteiger partial charge in [0.25, 0.3) is 0 Å². The van der Waals surface area contributed by atoms with Crippen LogP contribution in [0.2, 0.25) is 0 Å². The SMILES string of the molecule is CC(C)(C)[P@@](c1ccccc1)C1C=CC=C1. The van der Waals surface area contributed by atoms with Crippen LogP contribution >= 0.6 is 7.92 Å². The van der Waals surface area contributed by atoms with Gasteiger partial charge in [-0.15, -0.1) is 0 Å². The molecule has 0 heterocycles. The van der Waals surface area contributed by atoms with Gasteiger partial charge in [0.1, 0.15) is 0 Å². The monoisotopic (exact) mass is 230 g/mol. The van der Waals surface area contributed by atoms with E-state index in [2.05, 4.69) is 75.4 Å². The summed E-state index contributed by atoms with van der Waals surface area (Å²) in [6.07, 6.45) is 9.03. The summed E-state index contributed by atoms with van der Waals surface area (Å²) in [5.41, 5.74) is 0.609. The average molecular weight is 230 g/mol. The summed E-state index contributed by atoms with van der Waals surface area (Å²) < 4.78 is 0. The average Bonchev–Trinajstić information content (AvgIpc) is 2.71. The van der Waals surface area contributed by atoms with Crippen LogP contribution in [-0.4, -0.2) is 10.8 Å². The summed E-state index contributed by atoms with van der Waals surface area (Å²) in [5, 5.41) is 1.85. The molecule has 0 fully saturated rings. The van der Waals surface area contributed by atoms with Gasteiger partial charge in [-0.25, -0.2) is 0 Å². The molecule has 0 nitrogen and oxygen atoms in total. The molecule has 0 amide bonds. The van der Waals surface area contributed by atoms with E-state index in [0.717, 1.165) is 0 Å². The summed E-state index contributed by atoms with van der Waals surface area (Å²) >= 11 is 0. The minimum atomic E-state index is -0.172. The Kier molecular flexibility index (Phi) is 3.30. The molecule has 0 N–H and O–H groups in total. The van der Waals surface area contributed by atoms with Crippen molar-refractivity contribution in [3.63, 3.8) is 0 Å². The first kappa shape index (κ1) is 11.6. The second kappa shape index (κ2) is 4.55. The summed E-state index contributed by atoms with van der Waals surface area (Å²) in [6, 6.07) is 10.9. The highest BCUT2D eigenvalue weighted by molar-refractivity contribution is 7.68. The molecule has 0 saturated carbocycles. The van der Waals surface area contributed by atoms with Crippen LogP contribution in [0.3, 0.4) is 0 Å². The van der Waals surface area contributed by atoms with Gasteiger partial charge in [-0.05, 0) is 10.5 Å². The van der Waals surface area contributed by atoms with Crippen molar-refractivity contribution < 1.29 is 0 Å². The summed E-state index contributed by atoms with van der Waals surface area (Å²) in [6.45, 7) is 7.06. The van der Waals surface area contributed by atoms with Crippen molar-refractivity contribution in [2.24, 2.45) is 0 Å². The summed E-state index contributed by atoms with van der Waals surface area (Å²) in [4.78, 5) is 0. The molecule has 84 valence electrons. The van der Waals surface area contributed by atoms with E-state index in [-0.39, 0.29) is 7.92 Å². The Bertz CT molecular complexity index is 383. The molecule has 2 rings (SSSR count). The lowest BCUT2D eigenvalue weighted by Gasteiger charge is -2.35. The van der Waals surface area contributed by atoms with Crippen molar-refractivity contribution in [3.8, 4) is 0 Å². The largest absolute Gasteiger partial charge is 0.0730 e. The highest BCUT2D eigenvalue weighted by Gasteiger charge is 2.30. The van der Waals surface area contributed by atoms with Crippen molar-refractivity contribution in [1.29, 1.82) is 0 Å². The first-order valence-corrected chi connectivity index (χ1v) is 7.19. The minimum Gasteiger partial charge on any atom is -0.0730 e. The molecule has 1 aliphatic rings. The lowest BCUT2D eigenvalue weighted by molar-refractivity contribution is 0.784. The van der Waals surface area contributed by atoms with Crippen molar-refractivity contribution in [2.45, 2.75) is 31.6 Å². The second-order valence-corrected chi connectivity index (χ2v) is 8.33. The minimum absolute atomic E-state index is 0.172. The number of rotatable bonds is 2. The lowest BCUT2D eigenvalue weighted by atomic mass is 10.3. The van der Waals surface area contributed by atoms with Gasteiger partial charge in [0.15, 0.2) is 0 Å². The van der Waals surface area contributed by atoms with E-state index in [1.54, 1.807) is 0 Å². The number of allylic oxidation sites excluding steroid dienone is 4. The molecule has 0 radical (unpaired) electrons. The van der Waals surface area contributed by atoms with Gasteiger partial charge in [-0.1, -0.05) is 83.3 Å². The molecule has 1 atom stereocenters. The Labute approximate surface area is 99.8 Å². The number of hydrogen-bond acceptors (Lipinski definition) is 0. The van der Waals surface area contributed by atoms with Crippen molar-refractivity contribution in [1.82, 2.24) is 0 Å². The molecule has 1 aromatic carbocycles. The third-order valence-corrected chi connectivity index (χ3v) is 6.02. The van der Waals surface area contributed by atoms with E-state index < -0.39 is 0 Å². The molecule has 1 aromatic rings. The highest BCUT2D eigenvalue weighted by atomic mass is 31.1. The van der Waals surface area contributed by atoms with Gasteiger partial charge in [0.05, 0.1) is 0 Å². The smallest absolute Gasteiger partial charge is 0.0201 e. The van der Waals surface area contributed by atoms with Gasteiger partial charge in [0, 0.05) is 5.66 Å². The van der Waals surface area contributed by atoms with Gasteiger partial charge in [-0.3, -0.25) is 0 Å². The van der Waals surface area contributed by atoms with Crippen LogP contribution in [0.15, 0.2) is 54.6 Å². The van der Waals surface area contributed by atoms with E-state index >= 15 is 0 Å². The molecule has 1 aliphatic carbocycles. The Morgan fingerprint density at radius 2 is 1.50 bits per heavy atom. The highest BCUT2D eigenvalue weighted by Crippen LogP contribution is 2.54. The Morgan fingerprint density at radius 3 is 2.00 bits per heavy atom. The molecular formula is C15H19P. The van der Waals surface area contributed by atoms with Crippen molar-refractivity contribution >= 4 is 13.2 Å². The van der Waals surface area contributed by atoms with Gasteiger partial charge in [0.2, 0.25) is 0 Å². The lowest BCUT2D eigenvalue weighted by Crippen LogP contribution is -2.24. The molecule has 1 heteroatoms. The Morgan fingerprint density at radius 1 is 0.938 bits per heavy atom. The fourth-order valence-corrected chi connectivity index (χ4v) is 5.24. The van der Waals surface area contributed by atoms with Crippen LogP contribution in [0.4, 0.5) is 0 Å². The van der Waals surface area contributed by atoms with Crippen molar-refractivity contribution in [2.75, 3.05) is 0 Å². The zero-order valence-corrected chi connectivity index (χ0v) is 11.1. The van der Waals surface area contributed by atoms with E-state index in [4.69, 9.17) is 0 Å².